The molecule has 0 aromatic heterocycles. The highest BCUT2D eigenvalue weighted by atomic mass is 32.2. The van der Waals surface area contributed by atoms with E-state index in [0.717, 1.165) is 28.1 Å². The second kappa shape index (κ2) is 8.92. The maximum Gasteiger partial charge on any atom is 0.271 e. The van der Waals surface area contributed by atoms with Gasteiger partial charge in [-0.05, 0) is 49.4 Å². The molecule has 1 N–H and O–H groups in total. The Labute approximate surface area is 178 Å². The highest BCUT2D eigenvalue weighted by molar-refractivity contribution is 7.92. The third-order valence-corrected chi connectivity index (χ3v) is 6.14. The standard InChI is InChI=1S/C21H18FN3O5S/c1-15-5-11-20(12-6-15)31(29,30)24(18-9-7-16(22)8-10-18)14-21(26)23-17-3-2-4-19(13-17)25(27)28/h2-13H,14H2,1H3,(H,23,26). The number of nitro groups is 1. The van der Waals surface area contributed by atoms with Crippen molar-refractivity contribution in [3.05, 3.63) is 94.3 Å². The lowest BCUT2D eigenvalue weighted by Crippen LogP contribution is -2.38. The highest BCUT2D eigenvalue weighted by Crippen LogP contribution is 2.25. The van der Waals surface area contributed by atoms with Crippen molar-refractivity contribution in [2.75, 3.05) is 16.2 Å². The van der Waals surface area contributed by atoms with Crippen LogP contribution in [0.4, 0.5) is 21.5 Å². The van der Waals surface area contributed by atoms with Crippen molar-refractivity contribution in [3.8, 4) is 0 Å². The Bertz CT molecular complexity index is 1210. The van der Waals surface area contributed by atoms with E-state index < -0.39 is 33.2 Å². The number of halogens is 1. The summed E-state index contributed by atoms with van der Waals surface area (Å²) in [5.74, 6) is -1.28. The Hall–Kier alpha value is -3.79. The summed E-state index contributed by atoms with van der Waals surface area (Å²) in [7, 11) is -4.15. The molecule has 0 fully saturated rings. The Kier molecular flexibility index (Phi) is 6.30. The number of amides is 1. The van der Waals surface area contributed by atoms with Crippen molar-refractivity contribution in [2.24, 2.45) is 0 Å². The first kappa shape index (κ1) is 21.9. The molecule has 3 aromatic rings. The predicted molar refractivity (Wildman–Crippen MR) is 114 cm³/mol. The van der Waals surface area contributed by atoms with Gasteiger partial charge in [-0.25, -0.2) is 12.8 Å². The van der Waals surface area contributed by atoms with Crippen LogP contribution in [0.5, 0.6) is 0 Å². The summed E-state index contributed by atoms with van der Waals surface area (Å²) in [4.78, 5) is 22.9. The summed E-state index contributed by atoms with van der Waals surface area (Å²) in [5, 5.41) is 13.4. The number of anilines is 2. The molecule has 0 spiro atoms. The van der Waals surface area contributed by atoms with Crippen molar-refractivity contribution in [1.82, 2.24) is 0 Å². The zero-order chi connectivity index (χ0) is 22.6. The number of rotatable bonds is 7. The molecule has 0 bridgehead atoms. The van der Waals surface area contributed by atoms with Gasteiger partial charge in [-0.1, -0.05) is 23.8 Å². The van der Waals surface area contributed by atoms with Gasteiger partial charge in [0.2, 0.25) is 5.91 Å². The topological polar surface area (TPSA) is 110 Å². The number of hydrogen-bond acceptors (Lipinski definition) is 5. The van der Waals surface area contributed by atoms with Gasteiger partial charge in [0.1, 0.15) is 12.4 Å². The van der Waals surface area contributed by atoms with E-state index in [1.165, 1.54) is 42.5 Å². The van der Waals surface area contributed by atoms with E-state index >= 15 is 0 Å². The van der Waals surface area contributed by atoms with Crippen LogP contribution in [-0.2, 0) is 14.8 Å². The van der Waals surface area contributed by atoms with Crippen LogP contribution in [0.25, 0.3) is 0 Å². The summed E-state index contributed by atoms with van der Waals surface area (Å²) in [6.07, 6.45) is 0. The molecule has 8 nitrogen and oxygen atoms in total. The number of nitro benzene ring substituents is 1. The number of nitrogens with zero attached hydrogens (tertiary/aromatic N) is 2. The average molecular weight is 443 g/mol. The van der Waals surface area contributed by atoms with Gasteiger partial charge in [0.25, 0.3) is 15.7 Å². The molecule has 1 amide bonds. The van der Waals surface area contributed by atoms with E-state index in [-0.39, 0.29) is 22.0 Å². The first-order valence-corrected chi connectivity index (χ1v) is 10.5. The molecule has 160 valence electrons. The fraction of sp³-hybridized carbons (Fsp3) is 0.0952. The minimum absolute atomic E-state index is 0.0365. The number of nitrogens with one attached hydrogen (secondary N) is 1. The van der Waals surface area contributed by atoms with E-state index in [1.807, 2.05) is 0 Å². The Morgan fingerprint density at radius 1 is 1.06 bits per heavy atom. The Balaban J connectivity index is 1.92. The number of aryl methyl sites for hydroxylation is 1. The van der Waals surface area contributed by atoms with Gasteiger partial charge in [-0.3, -0.25) is 19.2 Å². The molecule has 31 heavy (non-hydrogen) atoms. The minimum Gasteiger partial charge on any atom is -0.324 e. The number of carbonyl (C=O) groups is 1. The molecule has 0 saturated heterocycles. The third-order valence-electron chi connectivity index (χ3n) is 4.35. The normalized spacial score (nSPS) is 11.0. The SMILES string of the molecule is Cc1ccc(S(=O)(=O)N(CC(=O)Nc2cccc([N+](=O)[O-])c2)c2ccc(F)cc2)cc1. The van der Waals surface area contributed by atoms with Gasteiger partial charge < -0.3 is 5.32 Å². The monoisotopic (exact) mass is 443 g/mol. The lowest BCUT2D eigenvalue weighted by molar-refractivity contribution is -0.384. The van der Waals surface area contributed by atoms with Crippen molar-refractivity contribution in [1.29, 1.82) is 0 Å². The van der Waals surface area contributed by atoms with Gasteiger partial charge in [0.15, 0.2) is 0 Å². The van der Waals surface area contributed by atoms with E-state index in [2.05, 4.69) is 5.32 Å². The molecule has 3 aromatic carbocycles. The molecule has 10 heteroatoms. The second-order valence-corrected chi connectivity index (χ2v) is 8.52. The lowest BCUT2D eigenvalue weighted by Gasteiger charge is -2.24. The maximum absolute atomic E-state index is 13.4. The molecular weight excluding hydrogens is 425 g/mol. The van der Waals surface area contributed by atoms with Gasteiger partial charge in [-0.15, -0.1) is 0 Å². The average Bonchev–Trinajstić information content (AvgIpc) is 2.73. The van der Waals surface area contributed by atoms with Crippen LogP contribution in [0.1, 0.15) is 5.56 Å². The van der Waals surface area contributed by atoms with Crippen LogP contribution in [-0.4, -0.2) is 25.8 Å². The molecule has 0 aliphatic rings. The molecule has 3 rings (SSSR count). The minimum atomic E-state index is -4.15. The van der Waals surface area contributed by atoms with Crippen LogP contribution >= 0.6 is 0 Å². The van der Waals surface area contributed by atoms with E-state index in [9.17, 15) is 27.7 Å². The quantitative estimate of drug-likeness (QED) is 0.440. The molecule has 0 radical (unpaired) electrons. The van der Waals surface area contributed by atoms with Crippen LogP contribution < -0.4 is 9.62 Å². The molecule has 0 unspecified atom stereocenters. The number of non-ortho nitro benzene ring substituents is 1. The van der Waals surface area contributed by atoms with Crippen LogP contribution in [0.15, 0.2) is 77.7 Å². The van der Waals surface area contributed by atoms with Crippen molar-refractivity contribution in [2.45, 2.75) is 11.8 Å². The van der Waals surface area contributed by atoms with Gasteiger partial charge >= 0.3 is 0 Å². The highest BCUT2D eigenvalue weighted by Gasteiger charge is 2.27. The summed E-state index contributed by atoms with van der Waals surface area (Å²) in [6.45, 7) is 1.19. The fourth-order valence-electron chi connectivity index (χ4n) is 2.79. The second-order valence-electron chi connectivity index (χ2n) is 6.66. The van der Waals surface area contributed by atoms with Crippen molar-refractivity contribution in [3.63, 3.8) is 0 Å². The van der Waals surface area contributed by atoms with E-state index in [0.29, 0.717) is 0 Å². The molecule has 0 aliphatic heterocycles. The molecule has 0 aliphatic carbocycles. The first-order chi connectivity index (χ1) is 14.7. The number of hydrogen-bond donors (Lipinski definition) is 1. The number of sulfonamides is 1. The summed E-state index contributed by atoms with van der Waals surface area (Å²) < 4.78 is 40.7. The molecular formula is C21H18FN3O5S. The van der Waals surface area contributed by atoms with Gasteiger partial charge in [0, 0.05) is 17.8 Å². The van der Waals surface area contributed by atoms with Gasteiger partial charge in [-0.2, -0.15) is 0 Å². The fourth-order valence-corrected chi connectivity index (χ4v) is 4.21. The Morgan fingerprint density at radius 2 is 1.71 bits per heavy atom. The molecule has 0 atom stereocenters. The van der Waals surface area contributed by atoms with Crippen LogP contribution in [0.2, 0.25) is 0 Å². The van der Waals surface area contributed by atoms with Crippen LogP contribution in [0.3, 0.4) is 0 Å². The summed E-state index contributed by atoms with van der Waals surface area (Å²) in [6, 6.07) is 16.0. The smallest absolute Gasteiger partial charge is 0.271 e. The predicted octanol–water partition coefficient (Wildman–Crippen LogP) is 3.88. The zero-order valence-electron chi connectivity index (χ0n) is 16.4. The molecule has 0 saturated carbocycles. The number of carbonyl (C=O) groups excluding carboxylic acids is 1. The maximum atomic E-state index is 13.4. The summed E-state index contributed by atoms with van der Waals surface area (Å²) >= 11 is 0. The van der Waals surface area contributed by atoms with Crippen molar-refractivity contribution >= 4 is 33.0 Å². The number of benzene rings is 3. The summed E-state index contributed by atoms with van der Waals surface area (Å²) in [5.41, 5.74) is 0.873. The lowest BCUT2D eigenvalue weighted by atomic mass is 10.2. The Morgan fingerprint density at radius 3 is 2.32 bits per heavy atom. The van der Waals surface area contributed by atoms with E-state index in [4.69, 9.17) is 0 Å². The zero-order valence-corrected chi connectivity index (χ0v) is 17.2. The first-order valence-electron chi connectivity index (χ1n) is 9.06. The largest absolute Gasteiger partial charge is 0.324 e. The van der Waals surface area contributed by atoms with Crippen molar-refractivity contribution < 1.29 is 22.5 Å². The molecule has 0 heterocycles. The van der Waals surface area contributed by atoms with Crippen LogP contribution in [0, 0.1) is 22.9 Å². The third kappa shape index (κ3) is 5.23. The van der Waals surface area contributed by atoms with E-state index in [1.54, 1.807) is 19.1 Å². The van der Waals surface area contributed by atoms with Gasteiger partial charge in [0.05, 0.1) is 15.5 Å².